The van der Waals surface area contributed by atoms with Crippen molar-refractivity contribution in [3.63, 3.8) is 0 Å². The third-order valence-corrected chi connectivity index (χ3v) is 3.26. The molecule has 1 rings (SSSR count). The van der Waals surface area contributed by atoms with Crippen LogP contribution >= 0.6 is 0 Å². The molecule has 0 heterocycles. The highest BCUT2D eigenvalue weighted by molar-refractivity contribution is 5.27. The molecule has 1 aromatic rings. The maximum Gasteiger partial charge on any atom is 0.118 e. The molecule has 0 radical (unpaired) electrons. The molecule has 2 atom stereocenters. The van der Waals surface area contributed by atoms with E-state index < -0.39 is 0 Å². The standard InChI is InChI=1S/C14H24N2O/c1-4-5-11(2)14(16-15)10-12-6-8-13(17-3)9-7-12/h6-9,11,14,16H,4-5,10,15H2,1-3H3. The summed E-state index contributed by atoms with van der Waals surface area (Å²) < 4.78 is 5.15. The van der Waals surface area contributed by atoms with E-state index in [1.165, 1.54) is 18.4 Å². The van der Waals surface area contributed by atoms with Crippen LogP contribution in [0.15, 0.2) is 24.3 Å². The van der Waals surface area contributed by atoms with E-state index >= 15 is 0 Å². The Balaban J connectivity index is 2.60. The number of rotatable bonds is 7. The van der Waals surface area contributed by atoms with Crippen LogP contribution in [0.5, 0.6) is 5.75 Å². The van der Waals surface area contributed by atoms with Gasteiger partial charge in [0.05, 0.1) is 7.11 Å². The third-order valence-electron chi connectivity index (χ3n) is 3.26. The first kappa shape index (κ1) is 14.0. The van der Waals surface area contributed by atoms with Crippen LogP contribution in [0.25, 0.3) is 0 Å². The molecule has 2 unspecified atom stereocenters. The van der Waals surface area contributed by atoms with Gasteiger partial charge >= 0.3 is 0 Å². The van der Waals surface area contributed by atoms with Gasteiger partial charge in [0.1, 0.15) is 5.75 Å². The maximum absolute atomic E-state index is 5.63. The number of nitrogens with one attached hydrogen (secondary N) is 1. The molecular weight excluding hydrogens is 212 g/mol. The van der Waals surface area contributed by atoms with Crippen molar-refractivity contribution in [1.82, 2.24) is 5.43 Å². The normalized spacial score (nSPS) is 14.4. The fourth-order valence-corrected chi connectivity index (χ4v) is 2.10. The van der Waals surface area contributed by atoms with Crippen LogP contribution in [0.4, 0.5) is 0 Å². The lowest BCUT2D eigenvalue weighted by Gasteiger charge is -2.23. The van der Waals surface area contributed by atoms with Crippen molar-refractivity contribution in [2.75, 3.05) is 7.11 Å². The highest BCUT2D eigenvalue weighted by Crippen LogP contribution is 2.17. The monoisotopic (exact) mass is 236 g/mol. The van der Waals surface area contributed by atoms with Crippen LogP contribution in [0.2, 0.25) is 0 Å². The number of nitrogens with two attached hydrogens (primary N) is 1. The Morgan fingerprint density at radius 1 is 1.29 bits per heavy atom. The fourth-order valence-electron chi connectivity index (χ4n) is 2.10. The molecule has 0 aromatic heterocycles. The number of benzene rings is 1. The van der Waals surface area contributed by atoms with Crippen LogP contribution in [-0.2, 0) is 6.42 Å². The molecule has 0 aliphatic heterocycles. The molecule has 3 nitrogen and oxygen atoms in total. The lowest BCUT2D eigenvalue weighted by Crippen LogP contribution is -2.41. The Hall–Kier alpha value is -1.06. The molecule has 3 heteroatoms. The summed E-state index contributed by atoms with van der Waals surface area (Å²) in [6.45, 7) is 4.45. The number of hydrazine groups is 1. The van der Waals surface area contributed by atoms with E-state index in [9.17, 15) is 0 Å². The second kappa shape index (κ2) is 7.30. The van der Waals surface area contributed by atoms with E-state index in [2.05, 4.69) is 31.4 Å². The van der Waals surface area contributed by atoms with Gasteiger partial charge in [-0.3, -0.25) is 11.3 Å². The fraction of sp³-hybridized carbons (Fsp3) is 0.571. The van der Waals surface area contributed by atoms with Crippen molar-refractivity contribution in [3.05, 3.63) is 29.8 Å². The highest BCUT2D eigenvalue weighted by atomic mass is 16.5. The second-order valence-corrected chi connectivity index (χ2v) is 4.59. The summed E-state index contributed by atoms with van der Waals surface area (Å²) in [7, 11) is 1.68. The zero-order valence-corrected chi connectivity index (χ0v) is 11.1. The highest BCUT2D eigenvalue weighted by Gasteiger charge is 2.15. The van der Waals surface area contributed by atoms with Crippen molar-refractivity contribution in [2.24, 2.45) is 11.8 Å². The molecule has 0 spiro atoms. The van der Waals surface area contributed by atoms with Crippen LogP contribution in [0.1, 0.15) is 32.3 Å². The van der Waals surface area contributed by atoms with E-state index in [4.69, 9.17) is 10.6 Å². The van der Waals surface area contributed by atoms with Crippen LogP contribution in [0.3, 0.4) is 0 Å². The predicted octanol–water partition coefficient (Wildman–Crippen LogP) is 2.51. The van der Waals surface area contributed by atoms with Gasteiger partial charge in [-0.15, -0.1) is 0 Å². The molecule has 0 bridgehead atoms. The molecule has 0 aliphatic carbocycles. The predicted molar refractivity (Wildman–Crippen MR) is 71.9 cm³/mol. The minimum atomic E-state index is 0.336. The average Bonchev–Trinajstić information content (AvgIpc) is 2.37. The molecular formula is C14H24N2O. The van der Waals surface area contributed by atoms with E-state index in [-0.39, 0.29) is 0 Å². The number of hydrogen-bond acceptors (Lipinski definition) is 3. The molecule has 3 N–H and O–H groups in total. The van der Waals surface area contributed by atoms with Gasteiger partial charge < -0.3 is 4.74 Å². The summed E-state index contributed by atoms with van der Waals surface area (Å²) >= 11 is 0. The summed E-state index contributed by atoms with van der Waals surface area (Å²) in [4.78, 5) is 0. The van der Waals surface area contributed by atoms with Crippen molar-refractivity contribution in [1.29, 1.82) is 0 Å². The summed E-state index contributed by atoms with van der Waals surface area (Å²) in [6, 6.07) is 8.52. The van der Waals surface area contributed by atoms with E-state index in [0.29, 0.717) is 12.0 Å². The van der Waals surface area contributed by atoms with Gasteiger partial charge in [0.15, 0.2) is 0 Å². The largest absolute Gasteiger partial charge is 0.497 e. The number of methoxy groups -OCH3 is 1. The summed E-state index contributed by atoms with van der Waals surface area (Å²) in [6.07, 6.45) is 3.36. The Bertz CT molecular complexity index is 311. The zero-order valence-electron chi connectivity index (χ0n) is 11.1. The van der Waals surface area contributed by atoms with Gasteiger partial charge in [0, 0.05) is 6.04 Å². The smallest absolute Gasteiger partial charge is 0.118 e. The van der Waals surface area contributed by atoms with E-state index in [1.54, 1.807) is 7.11 Å². The molecule has 0 saturated heterocycles. The quantitative estimate of drug-likeness (QED) is 0.565. The molecule has 96 valence electrons. The Morgan fingerprint density at radius 3 is 2.41 bits per heavy atom. The molecule has 1 aromatic carbocycles. The zero-order chi connectivity index (χ0) is 12.7. The summed E-state index contributed by atoms with van der Waals surface area (Å²) in [5.41, 5.74) is 4.22. The number of ether oxygens (including phenoxy) is 1. The topological polar surface area (TPSA) is 47.3 Å². The Kier molecular flexibility index (Phi) is 6.01. The first-order valence-electron chi connectivity index (χ1n) is 6.30. The van der Waals surface area contributed by atoms with Gasteiger partial charge in [-0.05, 0) is 36.5 Å². The lowest BCUT2D eigenvalue weighted by atomic mass is 9.92. The molecule has 0 amide bonds. The van der Waals surface area contributed by atoms with Crippen molar-refractivity contribution in [2.45, 2.75) is 39.2 Å². The van der Waals surface area contributed by atoms with Gasteiger partial charge in [-0.2, -0.15) is 0 Å². The second-order valence-electron chi connectivity index (χ2n) is 4.59. The van der Waals surface area contributed by atoms with Crippen molar-refractivity contribution < 1.29 is 4.74 Å². The van der Waals surface area contributed by atoms with Gasteiger partial charge in [-0.25, -0.2) is 0 Å². The molecule has 0 aliphatic rings. The van der Waals surface area contributed by atoms with E-state index in [0.717, 1.165) is 12.2 Å². The first-order valence-corrected chi connectivity index (χ1v) is 6.30. The third kappa shape index (κ3) is 4.36. The maximum atomic E-state index is 5.63. The summed E-state index contributed by atoms with van der Waals surface area (Å²) in [5, 5.41) is 0. The minimum Gasteiger partial charge on any atom is -0.497 e. The van der Waals surface area contributed by atoms with Crippen LogP contribution < -0.4 is 16.0 Å². The van der Waals surface area contributed by atoms with Crippen LogP contribution in [-0.4, -0.2) is 13.2 Å². The Labute approximate surface area is 104 Å². The lowest BCUT2D eigenvalue weighted by molar-refractivity contribution is 0.356. The SMILES string of the molecule is CCCC(C)C(Cc1ccc(OC)cc1)NN. The minimum absolute atomic E-state index is 0.336. The first-order chi connectivity index (χ1) is 8.21. The van der Waals surface area contributed by atoms with E-state index in [1.807, 2.05) is 12.1 Å². The van der Waals surface area contributed by atoms with Gasteiger partial charge in [-0.1, -0.05) is 32.4 Å². The Morgan fingerprint density at radius 2 is 1.94 bits per heavy atom. The van der Waals surface area contributed by atoms with Crippen molar-refractivity contribution >= 4 is 0 Å². The van der Waals surface area contributed by atoms with Gasteiger partial charge in [0.25, 0.3) is 0 Å². The average molecular weight is 236 g/mol. The summed E-state index contributed by atoms with van der Waals surface area (Å²) in [5.74, 6) is 7.12. The van der Waals surface area contributed by atoms with Crippen molar-refractivity contribution in [3.8, 4) is 5.75 Å². The number of hydrogen-bond donors (Lipinski definition) is 2. The molecule has 0 fully saturated rings. The molecule has 0 saturated carbocycles. The van der Waals surface area contributed by atoms with Crippen LogP contribution in [0, 0.1) is 5.92 Å². The van der Waals surface area contributed by atoms with Gasteiger partial charge in [0.2, 0.25) is 0 Å². The molecule has 17 heavy (non-hydrogen) atoms.